The number of carbonyl (C=O) groups excluding carboxylic acids is 1. The molecule has 0 bridgehead atoms. The van der Waals surface area contributed by atoms with Gasteiger partial charge in [-0.2, -0.15) is 4.98 Å². The average Bonchev–Trinajstić information content (AvgIpc) is 3.11. The zero-order chi connectivity index (χ0) is 22.2. The van der Waals surface area contributed by atoms with Crippen LogP contribution in [-0.2, 0) is 4.79 Å². The molecule has 2 N–H and O–H groups in total. The minimum atomic E-state index is -0.688. The van der Waals surface area contributed by atoms with E-state index in [4.69, 9.17) is 0 Å². The predicted octanol–water partition coefficient (Wildman–Crippen LogP) is 4.51. The highest BCUT2D eigenvalue weighted by Gasteiger charge is 2.45. The number of carbonyl (C=O) groups is 1. The molecule has 1 aromatic heterocycles. The van der Waals surface area contributed by atoms with Crippen molar-refractivity contribution in [2.45, 2.75) is 31.7 Å². The number of benzene rings is 2. The van der Waals surface area contributed by atoms with Crippen molar-refractivity contribution >= 4 is 23.2 Å². The third kappa shape index (κ3) is 4.35. The van der Waals surface area contributed by atoms with Crippen molar-refractivity contribution in [3.8, 4) is 5.69 Å². The number of amides is 1. The fourth-order valence-corrected chi connectivity index (χ4v) is 3.80. The minimum absolute atomic E-state index is 0. The van der Waals surface area contributed by atoms with Gasteiger partial charge in [0.2, 0.25) is 11.9 Å². The van der Waals surface area contributed by atoms with Gasteiger partial charge in [0, 0.05) is 34.4 Å². The van der Waals surface area contributed by atoms with Crippen molar-refractivity contribution in [2.24, 2.45) is 0 Å². The van der Waals surface area contributed by atoms with E-state index in [1.165, 1.54) is 23.1 Å². The van der Waals surface area contributed by atoms with E-state index in [0.717, 1.165) is 42.3 Å². The molecule has 31 heavy (non-hydrogen) atoms. The molecule has 3 aromatic rings. The third-order valence-corrected chi connectivity index (χ3v) is 5.34. The second-order valence-corrected chi connectivity index (χ2v) is 8.11. The fraction of sp³-hybridized carbons (Fsp3) is 0.318. The van der Waals surface area contributed by atoms with Gasteiger partial charge in [-0.05, 0) is 62.1 Å². The van der Waals surface area contributed by atoms with Crippen molar-refractivity contribution in [1.29, 1.82) is 0 Å². The normalized spacial score (nSPS) is 14.6. The molecule has 0 radical (unpaired) electrons. The Balaban J connectivity index is 0.00000193. The van der Waals surface area contributed by atoms with Gasteiger partial charge in [-0.3, -0.25) is 4.79 Å². The zero-order valence-corrected chi connectivity index (χ0v) is 17.6. The molecule has 1 fully saturated rings. The van der Waals surface area contributed by atoms with Crippen molar-refractivity contribution < 1.29 is 16.4 Å². The van der Waals surface area contributed by atoms with Crippen LogP contribution in [0.25, 0.3) is 5.69 Å². The summed E-state index contributed by atoms with van der Waals surface area (Å²) in [4.78, 5) is 18.5. The van der Waals surface area contributed by atoms with Crippen LogP contribution in [0.4, 0.5) is 26.1 Å². The van der Waals surface area contributed by atoms with Crippen LogP contribution in [0.1, 0.15) is 27.7 Å². The first-order valence-electron chi connectivity index (χ1n) is 10.0. The van der Waals surface area contributed by atoms with Crippen LogP contribution in [0, 0.1) is 18.6 Å². The van der Waals surface area contributed by atoms with Gasteiger partial charge in [0.25, 0.3) is 0 Å². The lowest BCUT2D eigenvalue weighted by Gasteiger charge is -2.43. The maximum absolute atomic E-state index is 13.5. The molecule has 1 saturated carbocycles. The van der Waals surface area contributed by atoms with E-state index in [2.05, 4.69) is 20.7 Å². The van der Waals surface area contributed by atoms with E-state index in [1.54, 1.807) is 19.0 Å². The molecular formula is C22H28F2N6O. The highest BCUT2D eigenvalue weighted by molar-refractivity contribution is 5.90. The molecule has 1 heterocycles. The molecule has 9 heteroatoms. The van der Waals surface area contributed by atoms with E-state index >= 15 is 0 Å². The van der Waals surface area contributed by atoms with E-state index in [-0.39, 0.29) is 20.4 Å². The van der Waals surface area contributed by atoms with Crippen molar-refractivity contribution in [1.82, 2.24) is 19.7 Å². The van der Waals surface area contributed by atoms with Crippen LogP contribution in [-0.4, -0.2) is 45.2 Å². The highest BCUT2D eigenvalue weighted by atomic mass is 19.1. The number of nitrogens with zero attached hydrogens (tertiary/aromatic N) is 4. The molecule has 0 spiro atoms. The first-order chi connectivity index (χ1) is 14.7. The van der Waals surface area contributed by atoms with Crippen LogP contribution in [0.2, 0.25) is 0 Å². The Labute approximate surface area is 182 Å². The summed E-state index contributed by atoms with van der Waals surface area (Å²) >= 11 is 0. The summed E-state index contributed by atoms with van der Waals surface area (Å²) in [6, 6.07) is 8.95. The van der Waals surface area contributed by atoms with E-state index in [1.807, 2.05) is 25.1 Å². The average molecular weight is 431 g/mol. The third-order valence-electron chi connectivity index (χ3n) is 5.34. The minimum Gasteiger partial charge on any atom is -0.371 e. The maximum Gasteiger partial charge on any atom is 0.247 e. The summed E-state index contributed by atoms with van der Waals surface area (Å²) in [5, 5.41) is 10.8. The van der Waals surface area contributed by atoms with E-state index in [9.17, 15) is 13.6 Å². The number of nitrogens with one attached hydrogen (secondary N) is 2. The number of rotatable bonds is 6. The molecule has 0 saturated heterocycles. The molecular weight excluding hydrogens is 402 g/mol. The van der Waals surface area contributed by atoms with Gasteiger partial charge in [0.1, 0.15) is 23.5 Å². The number of hydrogen-bond acceptors (Lipinski definition) is 5. The molecule has 0 atom stereocenters. The smallest absolute Gasteiger partial charge is 0.247 e. The van der Waals surface area contributed by atoms with Crippen molar-refractivity contribution in [2.75, 3.05) is 24.7 Å². The number of hydrogen-bond donors (Lipinski definition) is 2. The molecule has 0 unspecified atom stereocenters. The molecule has 1 amide bonds. The lowest BCUT2D eigenvalue weighted by atomic mass is 9.75. The zero-order valence-electron chi connectivity index (χ0n) is 17.6. The highest BCUT2D eigenvalue weighted by Crippen LogP contribution is 2.37. The SMILES string of the molecule is Cc1cc(Nc2ncn(-c3cc(F)cc(F)c3)n2)cc(NC2(C(=O)N(C)C)CCC2)c1.[HH].[HH]. The van der Waals surface area contributed by atoms with Crippen LogP contribution in [0.15, 0.2) is 42.7 Å². The van der Waals surface area contributed by atoms with Crippen LogP contribution < -0.4 is 10.6 Å². The van der Waals surface area contributed by atoms with Gasteiger partial charge >= 0.3 is 0 Å². The van der Waals surface area contributed by atoms with Gasteiger partial charge in [0.05, 0.1) is 5.69 Å². The lowest BCUT2D eigenvalue weighted by Crippen LogP contribution is -2.56. The Morgan fingerprint density at radius 2 is 1.77 bits per heavy atom. The molecule has 4 rings (SSSR count). The first-order valence-corrected chi connectivity index (χ1v) is 10.0. The van der Waals surface area contributed by atoms with Crippen LogP contribution in [0.3, 0.4) is 0 Å². The predicted molar refractivity (Wildman–Crippen MR) is 119 cm³/mol. The number of anilines is 3. The molecule has 7 nitrogen and oxygen atoms in total. The summed E-state index contributed by atoms with van der Waals surface area (Å²) in [5.41, 5.74) is 2.21. The largest absolute Gasteiger partial charge is 0.371 e. The standard InChI is InChI=1S/C22H24F2N6O.2H2/c1-14-7-17(12-18(8-14)27-22(5-4-6-22)20(31)29(2)3)26-21-25-13-30(28-21)19-10-15(23)9-16(24)11-19;;/h7-13,27H,4-6H2,1-3H3,(H,26,28);2*1H. The molecule has 166 valence electrons. The van der Waals surface area contributed by atoms with Gasteiger partial charge in [-0.15, -0.1) is 5.10 Å². The van der Waals surface area contributed by atoms with E-state index < -0.39 is 17.2 Å². The van der Waals surface area contributed by atoms with Crippen LogP contribution in [0.5, 0.6) is 0 Å². The quantitative estimate of drug-likeness (QED) is 0.602. The lowest BCUT2D eigenvalue weighted by molar-refractivity contribution is -0.136. The Kier molecular flexibility index (Phi) is 5.34. The van der Waals surface area contributed by atoms with Gasteiger partial charge in [-0.1, -0.05) is 0 Å². The summed E-state index contributed by atoms with van der Waals surface area (Å²) in [7, 11) is 3.53. The molecule has 2 aromatic carbocycles. The van der Waals surface area contributed by atoms with Gasteiger partial charge < -0.3 is 15.5 Å². The number of halogens is 2. The Bertz CT molecular complexity index is 1110. The Hall–Kier alpha value is -3.49. The number of aromatic nitrogens is 3. The molecule has 1 aliphatic carbocycles. The Morgan fingerprint density at radius 1 is 1.10 bits per heavy atom. The number of likely N-dealkylation sites (N-methyl/N-ethyl adjacent to an activating group) is 1. The van der Waals surface area contributed by atoms with Crippen molar-refractivity contribution in [3.63, 3.8) is 0 Å². The second-order valence-electron chi connectivity index (χ2n) is 8.11. The van der Waals surface area contributed by atoms with Crippen LogP contribution >= 0.6 is 0 Å². The van der Waals surface area contributed by atoms with Crippen molar-refractivity contribution in [3.05, 3.63) is 59.9 Å². The number of aryl methyl sites for hydroxylation is 1. The molecule has 0 aliphatic heterocycles. The molecule has 1 aliphatic rings. The van der Waals surface area contributed by atoms with Gasteiger partial charge in [-0.25, -0.2) is 13.5 Å². The maximum atomic E-state index is 13.5. The summed E-state index contributed by atoms with van der Waals surface area (Å²) in [6.07, 6.45) is 3.96. The van der Waals surface area contributed by atoms with Gasteiger partial charge in [0.15, 0.2) is 0 Å². The summed E-state index contributed by atoms with van der Waals surface area (Å²) in [6.45, 7) is 1.96. The summed E-state index contributed by atoms with van der Waals surface area (Å²) in [5.74, 6) is -1.03. The summed E-state index contributed by atoms with van der Waals surface area (Å²) < 4.78 is 28.3. The topological polar surface area (TPSA) is 75.1 Å². The first kappa shape index (κ1) is 20.8. The second kappa shape index (κ2) is 7.98. The Morgan fingerprint density at radius 3 is 2.39 bits per heavy atom. The van der Waals surface area contributed by atoms with E-state index in [0.29, 0.717) is 0 Å². The fourth-order valence-electron chi connectivity index (χ4n) is 3.80. The monoisotopic (exact) mass is 430 g/mol.